The molecule has 5 nitrogen and oxygen atoms in total. The highest BCUT2D eigenvalue weighted by atomic mass is 35.5. The van der Waals surface area contributed by atoms with Crippen molar-refractivity contribution in [2.24, 2.45) is 0 Å². The van der Waals surface area contributed by atoms with Crippen molar-refractivity contribution in [1.82, 2.24) is 9.80 Å². The van der Waals surface area contributed by atoms with Gasteiger partial charge in [-0.05, 0) is 30.5 Å². The molecular weight excluding hydrogens is 302 g/mol. The highest BCUT2D eigenvalue weighted by Gasteiger charge is 2.22. The molecule has 0 radical (unpaired) electrons. The Labute approximate surface area is 136 Å². The Kier molecular flexibility index (Phi) is 4.74. The number of benzene rings is 1. The lowest BCUT2D eigenvalue weighted by molar-refractivity contribution is 0.103. The first-order chi connectivity index (χ1) is 10.6. The summed E-state index contributed by atoms with van der Waals surface area (Å²) in [6.45, 7) is 5.80. The molecule has 2 aliphatic heterocycles. The smallest absolute Gasteiger partial charge is 0.407 e. The second-order valence-corrected chi connectivity index (χ2v) is 6.45. The first-order valence-corrected chi connectivity index (χ1v) is 8.25. The number of carboxylic acid groups (broad SMARTS) is 1. The summed E-state index contributed by atoms with van der Waals surface area (Å²) in [7, 11) is 0. The number of nitrogens with zero attached hydrogens (tertiary/aromatic N) is 3. The average molecular weight is 324 g/mol. The fourth-order valence-corrected chi connectivity index (χ4v) is 3.43. The highest BCUT2D eigenvalue weighted by Crippen LogP contribution is 2.29. The first kappa shape index (κ1) is 15.4. The minimum Gasteiger partial charge on any atom is -0.465 e. The lowest BCUT2D eigenvalue weighted by atomic mass is 10.1. The van der Waals surface area contributed by atoms with Crippen molar-refractivity contribution < 1.29 is 9.90 Å². The van der Waals surface area contributed by atoms with Crippen LogP contribution in [0.25, 0.3) is 0 Å². The molecule has 1 aromatic rings. The van der Waals surface area contributed by atoms with E-state index in [0.29, 0.717) is 13.1 Å². The summed E-state index contributed by atoms with van der Waals surface area (Å²) in [6, 6.07) is 6.12. The lowest BCUT2D eigenvalue weighted by Gasteiger charge is -2.34. The molecule has 2 aliphatic rings. The summed E-state index contributed by atoms with van der Waals surface area (Å²) in [5, 5.41) is 9.80. The van der Waals surface area contributed by atoms with Crippen LogP contribution in [0.3, 0.4) is 0 Å². The van der Waals surface area contributed by atoms with Gasteiger partial charge in [0.05, 0.1) is 0 Å². The second-order valence-electron chi connectivity index (χ2n) is 6.01. The third-order valence-electron chi connectivity index (χ3n) is 4.53. The summed E-state index contributed by atoms with van der Waals surface area (Å²) in [5.74, 6) is 0. The molecule has 0 unspecified atom stereocenters. The standard InChI is InChI=1S/C16H22ClN3O2/c17-14-4-3-13(15(11-14)19-5-1-2-6-19)12-18-7-9-20(10-8-18)16(21)22/h3-4,11H,1-2,5-10,12H2,(H,21,22). The van der Waals surface area contributed by atoms with Gasteiger partial charge in [-0.1, -0.05) is 17.7 Å². The summed E-state index contributed by atoms with van der Waals surface area (Å²) >= 11 is 6.18. The molecule has 1 amide bonds. The lowest BCUT2D eigenvalue weighted by Crippen LogP contribution is -2.47. The Hall–Kier alpha value is -1.46. The quantitative estimate of drug-likeness (QED) is 0.929. The van der Waals surface area contributed by atoms with Gasteiger partial charge < -0.3 is 14.9 Å². The van der Waals surface area contributed by atoms with Crippen LogP contribution in [0.5, 0.6) is 0 Å². The monoisotopic (exact) mass is 323 g/mol. The molecule has 6 heteroatoms. The molecule has 3 rings (SSSR count). The van der Waals surface area contributed by atoms with Crippen molar-refractivity contribution in [3.63, 3.8) is 0 Å². The molecule has 1 aromatic carbocycles. The number of rotatable bonds is 3. The van der Waals surface area contributed by atoms with Gasteiger partial charge in [-0.25, -0.2) is 4.79 Å². The largest absolute Gasteiger partial charge is 0.465 e. The second kappa shape index (κ2) is 6.75. The predicted octanol–water partition coefficient (Wildman–Crippen LogP) is 2.74. The molecule has 1 N–H and O–H groups in total. The zero-order chi connectivity index (χ0) is 15.5. The van der Waals surface area contributed by atoms with E-state index < -0.39 is 6.09 Å². The zero-order valence-electron chi connectivity index (χ0n) is 12.7. The van der Waals surface area contributed by atoms with Gasteiger partial charge in [0, 0.05) is 56.5 Å². The van der Waals surface area contributed by atoms with Crippen LogP contribution in [0.1, 0.15) is 18.4 Å². The Morgan fingerprint density at radius 1 is 1.09 bits per heavy atom. The number of anilines is 1. The minimum atomic E-state index is -0.816. The predicted molar refractivity (Wildman–Crippen MR) is 87.8 cm³/mol. The number of hydrogen-bond acceptors (Lipinski definition) is 3. The first-order valence-electron chi connectivity index (χ1n) is 7.87. The van der Waals surface area contributed by atoms with E-state index in [-0.39, 0.29) is 0 Å². The fraction of sp³-hybridized carbons (Fsp3) is 0.562. The van der Waals surface area contributed by atoms with Gasteiger partial charge in [0.2, 0.25) is 0 Å². The summed E-state index contributed by atoms with van der Waals surface area (Å²) in [6.07, 6.45) is 1.66. The molecular formula is C16H22ClN3O2. The highest BCUT2D eigenvalue weighted by molar-refractivity contribution is 6.30. The van der Waals surface area contributed by atoms with Gasteiger partial charge in [0.15, 0.2) is 0 Å². The van der Waals surface area contributed by atoms with Crippen LogP contribution in [0.15, 0.2) is 18.2 Å². The van der Waals surface area contributed by atoms with E-state index in [9.17, 15) is 4.79 Å². The molecule has 2 fully saturated rings. The van der Waals surface area contributed by atoms with Crippen molar-refractivity contribution in [3.8, 4) is 0 Å². The normalized spacial score (nSPS) is 19.7. The molecule has 120 valence electrons. The molecule has 0 spiro atoms. The van der Waals surface area contributed by atoms with Crippen molar-refractivity contribution in [2.75, 3.05) is 44.2 Å². The summed E-state index contributed by atoms with van der Waals surface area (Å²) in [4.78, 5) is 17.2. The number of piperazine rings is 1. The van der Waals surface area contributed by atoms with Gasteiger partial charge in [0.1, 0.15) is 0 Å². The fourth-order valence-electron chi connectivity index (χ4n) is 3.26. The van der Waals surface area contributed by atoms with Crippen LogP contribution in [0.4, 0.5) is 10.5 Å². The molecule has 0 saturated carbocycles. The third-order valence-corrected chi connectivity index (χ3v) is 4.77. The van der Waals surface area contributed by atoms with Crippen LogP contribution in [0, 0.1) is 0 Å². The van der Waals surface area contributed by atoms with Gasteiger partial charge in [-0.15, -0.1) is 0 Å². The van der Waals surface area contributed by atoms with Crippen LogP contribution >= 0.6 is 11.6 Å². The topological polar surface area (TPSA) is 47.0 Å². The van der Waals surface area contributed by atoms with Gasteiger partial charge in [0.25, 0.3) is 0 Å². The van der Waals surface area contributed by atoms with Crippen molar-refractivity contribution >= 4 is 23.4 Å². The Morgan fingerprint density at radius 2 is 1.77 bits per heavy atom. The van der Waals surface area contributed by atoms with Gasteiger partial charge >= 0.3 is 6.09 Å². The minimum absolute atomic E-state index is 0.585. The maximum atomic E-state index is 11.0. The molecule has 2 saturated heterocycles. The van der Waals surface area contributed by atoms with E-state index in [4.69, 9.17) is 16.7 Å². The molecule has 0 aliphatic carbocycles. The van der Waals surface area contributed by atoms with E-state index in [1.165, 1.54) is 29.0 Å². The molecule has 0 bridgehead atoms. The average Bonchev–Trinajstić information content (AvgIpc) is 3.04. The number of halogens is 1. The third kappa shape index (κ3) is 3.47. The van der Waals surface area contributed by atoms with E-state index in [1.54, 1.807) is 0 Å². The zero-order valence-corrected chi connectivity index (χ0v) is 13.4. The Balaban J connectivity index is 1.68. The Bertz CT molecular complexity index is 538. The van der Waals surface area contributed by atoms with Crippen molar-refractivity contribution in [2.45, 2.75) is 19.4 Å². The van der Waals surface area contributed by atoms with E-state index in [1.807, 2.05) is 6.07 Å². The van der Waals surface area contributed by atoms with E-state index in [2.05, 4.69) is 21.9 Å². The van der Waals surface area contributed by atoms with Gasteiger partial charge in [-0.3, -0.25) is 4.90 Å². The summed E-state index contributed by atoms with van der Waals surface area (Å²) in [5.41, 5.74) is 2.53. The molecule has 0 atom stereocenters. The van der Waals surface area contributed by atoms with Crippen LogP contribution in [-0.4, -0.2) is 60.3 Å². The number of amides is 1. The molecule has 22 heavy (non-hydrogen) atoms. The molecule has 2 heterocycles. The molecule has 0 aromatic heterocycles. The van der Waals surface area contributed by atoms with E-state index >= 15 is 0 Å². The SMILES string of the molecule is O=C(O)N1CCN(Cc2ccc(Cl)cc2N2CCCC2)CC1. The van der Waals surface area contributed by atoms with Crippen LogP contribution < -0.4 is 4.90 Å². The van der Waals surface area contributed by atoms with Gasteiger partial charge in [-0.2, -0.15) is 0 Å². The Morgan fingerprint density at radius 3 is 2.41 bits per heavy atom. The van der Waals surface area contributed by atoms with Crippen molar-refractivity contribution in [3.05, 3.63) is 28.8 Å². The number of hydrogen-bond donors (Lipinski definition) is 1. The van der Waals surface area contributed by atoms with Crippen LogP contribution in [0.2, 0.25) is 5.02 Å². The van der Waals surface area contributed by atoms with E-state index in [0.717, 1.165) is 37.7 Å². The summed E-state index contributed by atoms with van der Waals surface area (Å²) < 4.78 is 0. The maximum absolute atomic E-state index is 11.0. The van der Waals surface area contributed by atoms with Crippen LogP contribution in [-0.2, 0) is 6.54 Å². The number of carbonyl (C=O) groups is 1. The van der Waals surface area contributed by atoms with Crippen molar-refractivity contribution in [1.29, 1.82) is 0 Å². The maximum Gasteiger partial charge on any atom is 0.407 e.